The molecule has 0 amide bonds. The first-order valence-electron chi connectivity index (χ1n) is 6.76. The minimum Gasteiger partial charge on any atom is -0.334 e. The van der Waals surface area contributed by atoms with Gasteiger partial charge in [0.15, 0.2) is 5.82 Å². The summed E-state index contributed by atoms with van der Waals surface area (Å²) in [6.45, 7) is 1.66. The lowest BCUT2D eigenvalue weighted by atomic mass is 9.99. The van der Waals surface area contributed by atoms with Crippen molar-refractivity contribution in [1.82, 2.24) is 15.5 Å². The molecule has 1 atom stereocenters. The molecular formula is C14H14F3N3O. The molecule has 0 saturated carbocycles. The third-order valence-electron chi connectivity index (χ3n) is 3.57. The second-order valence-corrected chi connectivity index (χ2v) is 5.04. The molecule has 1 aliphatic heterocycles. The van der Waals surface area contributed by atoms with E-state index in [-0.39, 0.29) is 17.4 Å². The molecule has 1 aromatic carbocycles. The van der Waals surface area contributed by atoms with Crippen LogP contribution in [0.1, 0.15) is 30.1 Å². The molecule has 1 saturated heterocycles. The average molecular weight is 297 g/mol. The molecule has 1 N–H and O–H groups in total. The van der Waals surface area contributed by atoms with Crippen LogP contribution >= 0.6 is 0 Å². The van der Waals surface area contributed by atoms with Gasteiger partial charge in [-0.05, 0) is 31.5 Å². The lowest BCUT2D eigenvalue weighted by molar-refractivity contribution is -0.137. The van der Waals surface area contributed by atoms with Crippen LogP contribution in [0.25, 0.3) is 11.5 Å². The number of nitrogens with zero attached hydrogens (tertiary/aromatic N) is 2. The number of nitrogens with one attached hydrogen (secondary N) is 1. The second-order valence-electron chi connectivity index (χ2n) is 5.04. The quantitative estimate of drug-likeness (QED) is 0.924. The van der Waals surface area contributed by atoms with Gasteiger partial charge in [-0.1, -0.05) is 17.3 Å². The Morgan fingerprint density at radius 3 is 2.76 bits per heavy atom. The molecule has 0 bridgehead atoms. The minimum absolute atomic E-state index is 0.0764. The number of hydrogen-bond acceptors (Lipinski definition) is 4. The summed E-state index contributed by atoms with van der Waals surface area (Å²) in [4.78, 5) is 4.16. The van der Waals surface area contributed by atoms with Gasteiger partial charge in [-0.2, -0.15) is 18.2 Å². The summed E-state index contributed by atoms with van der Waals surface area (Å²) in [7, 11) is 0. The summed E-state index contributed by atoms with van der Waals surface area (Å²) < 4.78 is 44.0. The molecule has 1 aliphatic rings. The van der Waals surface area contributed by atoms with Gasteiger partial charge in [0, 0.05) is 12.5 Å². The van der Waals surface area contributed by atoms with Crippen molar-refractivity contribution in [2.75, 3.05) is 13.1 Å². The van der Waals surface area contributed by atoms with Crippen LogP contribution in [0.5, 0.6) is 0 Å². The number of halogens is 3. The van der Waals surface area contributed by atoms with Crippen LogP contribution in [-0.2, 0) is 6.18 Å². The monoisotopic (exact) mass is 297 g/mol. The van der Waals surface area contributed by atoms with E-state index >= 15 is 0 Å². The van der Waals surface area contributed by atoms with Crippen molar-refractivity contribution in [3.05, 3.63) is 35.7 Å². The van der Waals surface area contributed by atoms with Crippen molar-refractivity contribution in [3.63, 3.8) is 0 Å². The highest BCUT2D eigenvalue weighted by atomic mass is 19.4. The summed E-state index contributed by atoms with van der Waals surface area (Å²) in [5.74, 6) is 0.479. The predicted molar refractivity (Wildman–Crippen MR) is 69.6 cm³/mol. The van der Waals surface area contributed by atoms with Crippen LogP contribution in [-0.4, -0.2) is 23.2 Å². The number of hydrogen-bond donors (Lipinski definition) is 1. The van der Waals surface area contributed by atoms with Gasteiger partial charge in [-0.15, -0.1) is 0 Å². The molecule has 3 rings (SSSR count). The van der Waals surface area contributed by atoms with Crippen LogP contribution in [0.2, 0.25) is 0 Å². The summed E-state index contributed by atoms with van der Waals surface area (Å²) in [6, 6.07) is 5.23. The highest BCUT2D eigenvalue weighted by Crippen LogP contribution is 2.36. The summed E-state index contributed by atoms with van der Waals surface area (Å²) in [6.07, 6.45) is -2.54. The van der Waals surface area contributed by atoms with Crippen LogP contribution in [0.4, 0.5) is 13.2 Å². The van der Waals surface area contributed by atoms with Crippen molar-refractivity contribution in [2.24, 2.45) is 0 Å². The van der Waals surface area contributed by atoms with Gasteiger partial charge in [0.1, 0.15) is 0 Å². The largest absolute Gasteiger partial charge is 0.417 e. The molecule has 21 heavy (non-hydrogen) atoms. The van der Waals surface area contributed by atoms with Gasteiger partial charge in [-0.25, -0.2) is 0 Å². The van der Waals surface area contributed by atoms with E-state index in [1.54, 1.807) is 0 Å². The Hall–Kier alpha value is -1.89. The molecule has 112 valence electrons. The molecule has 2 aromatic rings. The van der Waals surface area contributed by atoms with E-state index in [1.165, 1.54) is 18.2 Å². The van der Waals surface area contributed by atoms with Crippen molar-refractivity contribution in [2.45, 2.75) is 24.9 Å². The van der Waals surface area contributed by atoms with Crippen LogP contribution in [0.3, 0.4) is 0 Å². The van der Waals surface area contributed by atoms with Gasteiger partial charge in [0.25, 0.3) is 5.89 Å². The van der Waals surface area contributed by atoms with Crippen LogP contribution in [0.15, 0.2) is 28.8 Å². The fraction of sp³-hybridized carbons (Fsp3) is 0.429. The zero-order chi connectivity index (χ0) is 14.9. The smallest absolute Gasteiger partial charge is 0.334 e. The Kier molecular flexibility index (Phi) is 3.67. The Labute approximate surface area is 119 Å². The van der Waals surface area contributed by atoms with E-state index in [9.17, 15) is 13.2 Å². The first-order valence-corrected chi connectivity index (χ1v) is 6.76. The molecule has 7 heteroatoms. The zero-order valence-electron chi connectivity index (χ0n) is 11.2. The number of aromatic nitrogens is 2. The van der Waals surface area contributed by atoms with Gasteiger partial charge >= 0.3 is 6.18 Å². The lowest BCUT2D eigenvalue weighted by Gasteiger charge is -2.19. The SMILES string of the molecule is FC(F)(F)c1ccccc1-c1nc(C2CCCNC2)no1. The molecule has 0 spiro atoms. The minimum atomic E-state index is -4.45. The van der Waals surface area contributed by atoms with Crippen molar-refractivity contribution < 1.29 is 17.7 Å². The highest BCUT2D eigenvalue weighted by Gasteiger charge is 2.35. The van der Waals surface area contributed by atoms with Crippen molar-refractivity contribution in [1.29, 1.82) is 0 Å². The van der Waals surface area contributed by atoms with E-state index < -0.39 is 11.7 Å². The molecule has 1 fully saturated rings. The van der Waals surface area contributed by atoms with Gasteiger partial charge in [0.2, 0.25) is 0 Å². The predicted octanol–water partition coefficient (Wildman–Crippen LogP) is 3.22. The molecule has 1 unspecified atom stereocenters. The third kappa shape index (κ3) is 2.92. The van der Waals surface area contributed by atoms with E-state index in [0.29, 0.717) is 5.82 Å². The van der Waals surface area contributed by atoms with Gasteiger partial charge in [-0.3, -0.25) is 0 Å². The van der Waals surface area contributed by atoms with Crippen molar-refractivity contribution in [3.8, 4) is 11.5 Å². The summed E-state index contributed by atoms with van der Waals surface area (Å²) >= 11 is 0. The maximum atomic E-state index is 13.0. The zero-order valence-corrected chi connectivity index (χ0v) is 11.2. The number of rotatable bonds is 2. The molecule has 1 aromatic heterocycles. The fourth-order valence-corrected chi connectivity index (χ4v) is 2.50. The molecular weight excluding hydrogens is 283 g/mol. The number of benzene rings is 1. The van der Waals surface area contributed by atoms with Crippen LogP contribution in [0, 0.1) is 0 Å². The standard InChI is InChI=1S/C14H14F3N3O/c15-14(16,17)11-6-2-1-5-10(11)13-19-12(20-21-13)9-4-3-7-18-8-9/h1-2,5-6,9,18H,3-4,7-8H2. The maximum absolute atomic E-state index is 13.0. The van der Waals surface area contributed by atoms with E-state index in [0.717, 1.165) is 32.0 Å². The Balaban J connectivity index is 1.93. The second kappa shape index (κ2) is 5.48. The van der Waals surface area contributed by atoms with Crippen LogP contribution < -0.4 is 5.32 Å². The van der Waals surface area contributed by atoms with Gasteiger partial charge in [0.05, 0.1) is 11.1 Å². The Bertz CT molecular complexity index is 618. The molecule has 2 heterocycles. The molecule has 0 aliphatic carbocycles. The topological polar surface area (TPSA) is 51.0 Å². The maximum Gasteiger partial charge on any atom is 0.417 e. The molecule has 0 radical (unpaired) electrons. The Morgan fingerprint density at radius 2 is 2.05 bits per heavy atom. The fourth-order valence-electron chi connectivity index (χ4n) is 2.50. The van der Waals surface area contributed by atoms with E-state index in [2.05, 4.69) is 15.5 Å². The normalized spacial score (nSPS) is 19.7. The lowest BCUT2D eigenvalue weighted by Crippen LogP contribution is -2.28. The van der Waals surface area contributed by atoms with E-state index in [4.69, 9.17) is 4.52 Å². The number of alkyl halides is 3. The Morgan fingerprint density at radius 1 is 1.24 bits per heavy atom. The summed E-state index contributed by atoms with van der Waals surface area (Å²) in [5.41, 5.74) is -0.838. The first-order chi connectivity index (χ1) is 10.1. The molecule has 4 nitrogen and oxygen atoms in total. The third-order valence-corrected chi connectivity index (χ3v) is 3.57. The highest BCUT2D eigenvalue weighted by molar-refractivity contribution is 5.59. The van der Waals surface area contributed by atoms with Gasteiger partial charge < -0.3 is 9.84 Å². The average Bonchev–Trinajstić information content (AvgIpc) is 2.97. The summed E-state index contributed by atoms with van der Waals surface area (Å²) in [5, 5.41) is 7.06. The van der Waals surface area contributed by atoms with E-state index in [1.807, 2.05) is 0 Å². The first kappa shape index (κ1) is 14.1. The number of piperidine rings is 1. The van der Waals surface area contributed by atoms with Crippen molar-refractivity contribution >= 4 is 0 Å².